The van der Waals surface area contributed by atoms with Crippen molar-refractivity contribution in [2.45, 2.75) is 45.4 Å². The quantitative estimate of drug-likeness (QED) is 0.329. The van der Waals surface area contributed by atoms with E-state index in [2.05, 4.69) is 36.5 Å². The van der Waals surface area contributed by atoms with Crippen LogP contribution in [0.25, 0.3) is 0 Å². The number of hydrogen-bond donors (Lipinski definition) is 2. The summed E-state index contributed by atoms with van der Waals surface area (Å²) < 4.78 is 11.7. The van der Waals surface area contributed by atoms with E-state index >= 15 is 0 Å². The van der Waals surface area contributed by atoms with Crippen LogP contribution in [0.5, 0.6) is 5.75 Å². The number of halogens is 2. The highest BCUT2D eigenvalue weighted by atomic mass is 127. The summed E-state index contributed by atoms with van der Waals surface area (Å²) in [5, 5.41) is 6.30. The van der Waals surface area contributed by atoms with Gasteiger partial charge in [0.05, 0.1) is 13.2 Å². The van der Waals surface area contributed by atoms with Gasteiger partial charge in [0.25, 0.3) is 0 Å². The van der Waals surface area contributed by atoms with Gasteiger partial charge in [0.2, 0.25) is 0 Å². The molecule has 0 spiro atoms. The minimum Gasteiger partial charge on any atom is -0.496 e. The van der Waals surface area contributed by atoms with Crippen LogP contribution in [0.15, 0.2) is 27.7 Å². The van der Waals surface area contributed by atoms with Gasteiger partial charge in [-0.25, -0.2) is 4.79 Å². The number of amides is 1. The first-order valence-corrected chi connectivity index (χ1v) is 9.78. The monoisotopic (exact) mass is 568 g/mol. The third-order valence-electron chi connectivity index (χ3n) is 4.10. The standard InChI is InChI=1S/C19H29BrN4O3.HI/c1-19(2,3)27-18(25)23-15-8-9-24(12-15)17(21-4)22-11-13-10-14(20)6-7-16(13)26-5;/h6-7,10,15H,8-9,11-12H2,1-5H3,(H,21,22)(H,23,25);1H. The van der Waals surface area contributed by atoms with Crippen molar-refractivity contribution in [1.82, 2.24) is 15.5 Å². The highest BCUT2D eigenvalue weighted by Gasteiger charge is 2.27. The molecule has 7 nitrogen and oxygen atoms in total. The predicted octanol–water partition coefficient (Wildman–Crippen LogP) is 3.75. The second-order valence-electron chi connectivity index (χ2n) is 7.43. The molecule has 1 amide bonds. The molecular weight excluding hydrogens is 539 g/mol. The second kappa shape index (κ2) is 11.1. The number of carbonyl (C=O) groups is 1. The zero-order chi connectivity index (χ0) is 20.0. The van der Waals surface area contributed by atoms with Crippen molar-refractivity contribution in [3.05, 3.63) is 28.2 Å². The lowest BCUT2D eigenvalue weighted by molar-refractivity contribution is 0.0507. The number of methoxy groups -OCH3 is 1. The van der Waals surface area contributed by atoms with Crippen LogP contribution < -0.4 is 15.4 Å². The number of alkyl carbamates (subject to hydrolysis) is 1. The third kappa shape index (κ3) is 7.65. The van der Waals surface area contributed by atoms with Crippen LogP contribution in [0.1, 0.15) is 32.8 Å². The first-order valence-electron chi connectivity index (χ1n) is 8.99. The van der Waals surface area contributed by atoms with E-state index in [9.17, 15) is 4.79 Å². The molecule has 158 valence electrons. The van der Waals surface area contributed by atoms with Gasteiger partial charge in [0.1, 0.15) is 11.4 Å². The Morgan fingerprint density at radius 1 is 1.39 bits per heavy atom. The molecule has 1 aliphatic rings. The lowest BCUT2D eigenvalue weighted by atomic mass is 10.2. The zero-order valence-corrected chi connectivity index (χ0v) is 21.0. The molecule has 1 heterocycles. The highest BCUT2D eigenvalue weighted by Crippen LogP contribution is 2.23. The Morgan fingerprint density at radius 2 is 2.11 bits per heavy atom. The fraction of sp³-hybridized carbons (Fsp3) is 0.579. The summed E-state index contributed by atoms with van der Waals surface area (Å²) in [5.74, 6) is 1.62. The largest absolute Gasteiger partial charge is 0.496 e. The lowest BCUT2D eigenvalue weighted by Gasteiger charge is -2.23. The Bertz CT molecular complexity index is 694. The number of rotatable bonds is 4. The summed E-state index contributed by atoms with van der Waals surface area (Å²) >= 11 is 3.49. The molecule has 0 aliphatic carbocycles. The van der Waals surface area contributed by atoms with Crippen molar-refractivity contribution in [1.29, 1.82) is 0 Å². The maximum absolute atomic E-state index is 12.0. The smallest absolute Gasteiger partial charge is 0.407 e. The van der Waals surface area contributed by atoms with Crippen molar-refractivity contribution in [3.63, 3.8) is 0 Å². The third-order valence-corrected chi connectivity index (χ3v) is 4.59. The molecule has 1 aromatic carbocycles. The number of hydrogen-bond acceptors (Lipinski definition) is 4. The van der Waals surface area contributed by atoms with Gasteiger partial charge >= 0.3 is 6.09 Å². The summed E-state index contributed by atoms with van der Waals surface area (Å²) in [6.07, 6.45) is 0.469. The van der Waals surface area contributed by atoms with Crippen molar-refractivity contribution in [2.75, 3.05) is 27.2 Å². The first kappa shape index (κ1) is 24.8. The molecule has 1 saturated heterocycles. The Morgan fingerprint density at radius 3 is 2.71 bits per heavy atom. The van der Waals surface area contributed by atoms with E-state index in [4.69, 9.17) is 9.47 Å². The molecular formula is C19H30BrIN4O3. The highest BCUT2D eigenvalue weighted by molar-refractivity contribution is 14.0. The van der Waals surface area contributed by atoms with Crippen molar-refractivity contribution >= 4 is 52.0 Å². The number of carbonyl (C=O) groups excluding carboxylic acids is 1. The molecule has 1 atom stereocenters. The summed E-state index contributed by atoms with van der Waals surface area (Å²) in [5.41, 5.74) is 0.541. The molecule has 1 aliphatic heterocycles. The van der Waals surface area contributed by atoms with Gasteiger partial charge in [-0.2, -0.15) is 0 Å². The van der Waals surface area contributed by atoms with E-state index in [-0.39, 0.29) is 36.1 Å². The van der Waals surface area contributed by atoms with E-state index in [1.807, 2.05) is 39.0 Å². The molecule has 28 heavy (non-hydrogen) atoms. The maximum atomic E-state index is 12.0. The molecule has 2 N–H and O–H groups in total. The molecule has 0 radical (unpaired) electrons. The fourth-order valence-electron chi connectivity index (χ4n) is 2.94. The molecule has 0 saturated carbocycles. The number of aliphatic imine (C=N–C) groups is 1. The number of nitrogens with zero attached hydrogens (tertiary/aromatic N) is 2. The first-order chi connectivity index (χ1) is 12.7. The predicted molar refractivity (Wildman–Crippen MR) is 126 cm³/mol. The number of ether oxygens (including phenoxy) is 2. The van der Waals surface area contributed by atoms with Crippen molar-refractivity contribution in [3.8, 4) is 5.75 Å². The summed E-state index contributed by atoms with van der Waals surface area (Å²) in [7, 11) is 3.42. The Balaban J connectivity index is 0.00000392. The SMILES string of the molecule is CN=C(NCc1cc(Br)ccc1OC)N1CCC(NC(=O)OC(C)(C)C)C1.I. The van der Waals surface area contributed by atoms with Crippen molar-refractivity contribution < 1.29 is 14.3 Å². The minimum absolute atomic E-state index is 0. The van der Waals surface area contributed by atoms with Crippen LogP contribution in [0.2, 0.25) is 0 Å². The summed E-state index contributed by atoms with van der Waals surface area (Å²) in [6.45, 7) is 7.67. The Labute approximate surface area is 192 Å². The molecule has 2 rings (SSSR count). The van der Waals surface area contributed by atoms with Crippen LogP contribution in [0, 0.1) is 0 Å². The average molecular weight is 569 g/mol. The van der Waals surface area contributed by atoms with Gasteiger partial charge in [-0.05, 0) is 45.4 Å². The molecule has 1 unspecified atom stereocenters. The topological polar surface area (TPSA) is 75.2 Å². The van der Waals surface area contributed by atoms with Crippen LogP contribution in [-0.2, 0) is 11.3 Å². The van der Waals surface area contributed by atoms with E-state index in [0.29, 0.717) is 13.1 Å². The van der Waals surface area contributed by atoms with Gasteiger partial charge in [0.15, 0.2) is 5.96 Å². The maximum Gasteiger partial charge on any atom is 0.407 e. The van der Waals surface area contributed by atoms with Gasteiger partial charge in [-0.3, -0.25) is 4.99 Å². The zero-order valence-electron chi connectivity index (χ0n) is 17.0. The lowest BCUT2D eigenvalue weighted by Crippen LogP contribution is -2.44. The molecule has 9 heteroatoms. The number of benzene rings is 1. The summed E-state index contributed by atoms with van der Waals surface area (Å²) in [6, 6.07) is 5.94. The summed E-state index contributed by atoms with van der Waals surface area (Å²) in [4.78, 5) is 18.5. The van der Waals surface area contributed by atoms with E-state index < -0.39 is 5.60 Å². The van der Waals surface area contributed by atoms with Gasteiger partial charge < -0.3 is 25.0 Å². The normalized spacial score (nSPS) is 17.0. The molecule has 0 bridgehead atoms. The molecule has 1 aromatic rings. The number of likely N-dealkylation sites (tertiary alicyclic amines) is 1. The second-order valence-corrected chi connectivity index (χ2v) is 8.35. The van der Waals surface area contributed by atoms with E-state index in [1.54, 1.807) is 14.2 Å². The van der Waals surface area contributed by atoms with Crippen LogP contribution in [0.4, 0.5) is 4.79 Å². The van der Waals surface area contributed by atoms with Crippen molar-refractivity contribution in [2.24, 2.45) is 4.99 Å². The van der Waals surface area contributed by atoms with Crippen LogP contribution in [-0.4, -0.2) is 55.8 Å². The number of guanidine groups is 1. The van der Waals surface area contributed by atoms with E-state index in [1.165, 1.54) is 0 Å². The minimum atomic E-state index is -0.497. The fourth-order valence-corrected chi connectivity index (χ4v) is 3.35. The van der Waals surface area contributed by atoms with Crippen LogP contribution in [0.3, 0.4) is 0 Å². The van der Waals surface area contributed by atoms with Gasteiger partial charge in [-0.1, -0.05) is 15.9 Å². The molecule has 0 aromatic heterocycles. The van der Waals surface area contributed by atoms with Gasteiger partial charge in [-0.15, -0.1) is 24.0 Å². The van der Waals surface area contributed by atoms with Crippen LogP contribution >= 0.6 is 39.9 Å². The van der Waals surface area contributed by atoms with Gasteiger partial charge in [0, 0.05) is 36.7 Å². The Kier molecular flexibility index (Phi) is 9.82. The molecule has 1 fully saturated rings. The van der Waals surface area contributed by atoms with E-state index in [0.717, 1.165) is 34.7 Å². The average Bonchev–Trinajstić information content (AvgIpc) is 3.02. The Hall–Kier alpha value is -1.23. The number of nitrogens with one attached hydrogen (secondary N) is 2.